The van der Waals surface area contributed by atoms with E-state index in [1.54, 1.807) is 0 Å². The Labute approximate surface area is 51.0 Å². The van der Waals surface area contributed by atoms with E-state index in [1.165, 1.54) is 12.8 Å². The molecule has 0 saturated heterocycles. The minimum absolute atomic E-state index is 0.181. The molecule has 0 bridgehead atoms. The molecule has 0 spiro atoms. The van der Waals surface area contributed by atoms with Crippen molar-refractivity contribution in [2.24, 2.45) is 0 Å². The molecule has 1 rings (SSSR count). The minimum Gasteiger partial charge on any atom is -0.118 e. The number of hydrogen-bond acceptors (Lipinski definition) is 0. The summed E-state index contributed by atoms with van der Waals surface area (Å²) in [4.78, 5) is 0.181. The molecule has 1 saturated carbocycles. The minimum atomic E-state index is 0.181. The summed E-state index contributed by atoms with van der Waals surface area (Å²) in [6.07, 6.45) is 2.39. The number of rotatable bonds is 1. The van der Waals surface area contributed by atoms with Crippen LogP contribution in [0, 0.1) is 0 Å². The van der Waals surface area contributed by atoms with Gasteiger partial charge >= 0.3 is 0 Å². The summed E-state index contributed by atoms with van der Waals surface area (Å²) in [5.74, 6) is 0. The Morgan fingerprint density at radius 2 is 2.17 bits per heavy atom. The molecule has 0 heterocycles. The molecule has 0 radical (unpaired) electrons. The molecule has 0 atom stereocenters. The first-order chi connectivity index (χ1) is 2.77. The van der Waals surface area contributed by atoms with Gasteiger partial charge in [0.15, 0.2) is 0 Å². The molecule has 2 heteroatoms. The summed E-state index contributed by atoms with van der Waals surface area (Å²) in [5.41, 5.74) is 0. The van der Waals surface area contributed by atoms with Crippen LogP contribution in [0.2, 0.25) is 0 Å². The van der Waals surface area contributed by atoms with E-state index in [-0.39, 0.29) is 4.87 Å². The zero-order valence-corrected chi connectivity index (χ0v) is 5.72. The van der Waals surface area contributed by atoms with Crippen LogP contribution in [-0.4, -0.2) is 10.2 Å². The summed E-state index contributed by atoms with van der Waals surface area (Å²) in [6, 6.07) is 0. The van der Waals surface area contributed by atoms with Crippen LogP contribution in [0.3, 0.4) is 0 Å². The fourth-order valence-electron chi connectivity index (χ4n) is 0.269. The van der Waals surface area contributed by atoms with Crippen molar-refractivity contribution < 1.29 is 0 Å². The first-order valence-electron chi connectivity index (χ1n) is 2.02. The standard InChI is InChI=1S/C4H6BrCl/c5-3-4(6)1-2-4/h1-3H2. The fraction of sp³-hybridized carbons (Fsp3) is 1.00. The van der Waals surface area contributed by atoms with Gasteiger partial charge in [-0.3, -0.25) is 0 Å². The second-order valence-corrected chi connectivity index (χ2v) is 3.15. The summed E-state index contributed by atoms with van der Waals surface area (Å²) >= 11 is 9.08. The van der Waals surface area contributed by atoms with Crippen LogP contribution in [0.1, 0.15) is 12.8 Å². The third-order valence-corrected chi connectivity index (χ3v) is 2.94. The maximum Gasteiger partial charge on any atom is 0.0544 e. The zero-order valence-electron chi connectivity index (χ0n) is 3.38. The van der Waals surface area contributed by atoms with Crippen LogP contribution in [0.4, 0.5) is 0 Å². The molecule has 0 unspecified atom stereocenters. The second kappa shape index (κ2) is 1.38. The molecule has 0 aromatic carbocycles. The highest BCUT2D eigenvalue weighted by Crippen LogP contribution is 2.43. The van der Waals surface area contributed by atoms with Gasteiger partial charge in [-0.05, 0) is 12.8 Å². The average Bonchev–Trinajstić information content (AvgIpc) is 2.22. The predicted octanol–water partition coefficient (Wildman–Crippen LogP) is 2.15. The molecule has 1 fully saturated rings. The van der Waals surface area contributed by atoms with E-state index in [9.17, 15) is 0 Å². The van der Waals surface area contributed by atoms with Crippen molar-refractivity contribution in [3.8, 4) is 0 Å². The fourth-order valence-corrected chi connectivity index (χ4v) is 0.924. The van der Waals surface area contributed by atoms with E-state index in [2.05, 4.69) is 15.9 Å². The predicted molar refractivity (Wildman–Crippen MR) is 31.6 cm³/mol. The Hall–Kier alpha value is 0.770. The van der Waals surface area contributed by atoms with Crippen molar-refractivity contribution in [2.75, 3.05) is 5.33 Å². The average molecular weight is 169 g/mol. The van der Waals surface area contributed by atoms with Crippen LogP contribution in [0.15, 0.2) is 0 Å². The van der Waals surface area contributed by atoms with E-state index in [0.717, 1.165) is 5.33 Å². The van der Waals surface area contributed by atoms with Gasteiger partial charge in [0, 0.05) is 5.33 Å². The van der Waals surface area contributed by atoms with Gasteiger partial charge in [0.2, 0.25) is 0 Å². The summed E-state index contributed by atoms with van der Waals surface area (Å²) in [5, 5.41) is 0.960. The topological polar surface area (TPSA) is 0 Å². The normalized spacial score (nSPS) is 27.0. The SMILES string of the molecule is ClC1(CBr)CC1. The van der Waals surface area contributed by atoms with Crippen LogP contribution in [-0.2, 0) is 0 Å². The molecule has 0 aliphatic heterocycles. The maximum absolute atomic E-state index is 5.78. The van der Waals surface area contributed by atoms with Gasteiger partial charge in [-0.2, -0.15) is 0 Å². The van der Waals surface area contributed by atoms with Gasteiger partial charge in [0.1, 0.15) is 0 Å². The van der Waals surface area contributed by atoms with Crippen LogP contribution in [0.25, 0.3) is 0 Å². The molecule has 0 amide bonds. The van der Waals surface area contributed by atoms with Crippen molar-refractivity contribution in [1.29, 1.82) is 0 Å². The lowest BCUT2D eigenvalue weighted by Crippen LogP contribution is -1.95. The van der Waals surface area contributed by atoms with Gasteiger partial charge < -0.3 is 0 Å². The zero-order chi connectivity index (χ0) is 4.62. The molecule has 6 heavy (non-hydrogen) atoms. The highest BCUT2D eigenvalue weighted by molar-refractivity contribution is 9.09. The Balaban J connectivity index is 2.28. The van der Waals surface area contributed by atoms with E-state index in [1.807, 2.05) is 0 Å². The molecule has 0 N–H and O–H groups in total. The lowest BCUT2D eigenvalue weighted by atomic mass is 10.5. The van der Waals surface area contributed by atoms with E-state index in [4.69, 9.17) is 11.6 Å². The van der Waals surface area contributed by atoms with Gasteiger partial charge in [-0.1, -0.05) is 15.9 Å². The number of halogens is 2. The van der Waals surface area contributed by atoms with Crippen molar-refractivity contribution in [1.82, 2.24) is 0 Å². The molecule has 0 aromatic rings. The monoisotopic (exact) mass is 168 g/mol. The van der Waals surface area contributed by atoms with Gasteiger partial charge in [0.25, 0.3) is 0 Å². The molecule has 0 aromatic heterocycles. The van der Waals surface area contributed by atoms with E-state index >= 15 is 0 Å². The summed E-state index contributed by atoms with van der Waals surface area (Å²) in [7, 11) is 0. The third-order valence-electron chi connectivity index (χ3n) is 1.03. The molecule has 1 aliphatic rings. The largest absolute Gasteiger partial charge is 0.118 e. The quantitative estimate of drug-likeness (QED) is 0.528. The Bertz CT molecular complexity index is 58.6. The molecular formula is C4H6BrCl. The Morgan fingerprint density at radius 3 is 2.17 bits per heavy atom. The molecule has 0 nitrogen and oxygen atoms in total. The Kier molecular flexibility index (Phi) is 1.13. The molecule has 1 aliphatic carbocycles. The van der Waals surface area contributed by atoms with E-state index in [0.29, 0.717) is 0 Å². The van der Waals surface area contributed by atoms with Crippen LogP contribution in [0.5, 0.6) is 0 Å². The first kappa shape index (κ1) is 4.92. The lowest BCUT2D eigenvalue weighted by Gasteiger charge is -1.91. The van der Waals surface area contributed by atoms with Crippen molar-refractivity contribution in [2.45, 2.75) is 17.7 Å². The van der Waals surface area contributed by atoms with Crippen molar-refractivity contribution in [3.63, 3.8) is 0 Å². The lowest BCUT2D eigenvalue weighted by molar-refractivity contribution is 1.06. The second-order valence-electron chi connectivity index (χ2n) is 1.78. The summed E-state index contributed by atoms with van der Waals surface area (Å²) in [6.45, 7) is 0. The van der Waals surface area contributed by atoms with E-state index < -0.39 is 0 Å². The smallest absolute Gasteiger partial charge is 0.0544 e. The van der Waals surface area contributed by atoms with Crippen molar-refractivity contribution in [3.05, 3.63) is 0 Å². The third kappa shape index (κ3) is 0.881. The molecule has 36 valence electrons. The summed E-state index contributed by atoms with van der Waals surface area (Å²) < 4.78 is 0. The van der Waals surface area contributed by atoms with Gasteiger partial charge in [-0.15, -0.1) is 11.6 Å². The highest BCUT2D eigenvalue weighted by Gasteiger charge is 2.38. The Morgan fingerprint density at radius 1 is 1.67 bits per heavy atom. The number of alkyl halides is 2. The highest BCUT2D eigenvalue weighted by atomic mass is 79.9. The maximum atomic E-state index is 5.78. The van der Waals surface area contributed by atoms with Crippen LogP contribution < -0.4 is 0 Å². The van der Waals surface area contributed by atoms with Crippen molar-refractivity contribution >= 4 is 27.5 Å². The van der Waals surface area contributed by atoms with Gasteiger partial charge in [0.05, 0.1) is 4.87 Å². The van der Waals surface area contributed by atoms with Gasteiger partial charge in [-0.25, -0.2) is 0 Å². The van der Waals surface area contributed by atoms with Crippen LogP contribution >= 0.6 is 27.5 Å². The molecular weight excluding hydrogens is 163 g/mol. The first-order valence-corrected chi connectivity index (χ1v) is 3.52. The number of hydrogen-bond donors (Lipinski definition) is 0.